The van der Waals surface area contributed by atoms with Crippen molar-refractivity contribution >= 4 is 0 Å². The third kappa shape index (κ3) is 3.70. The van der Waals surface area contributed by atoms with Gasteiger partial charge in [0.2, 0.25) is 0 Å². The molecule has 138 valence electrons. The molecule has 0 radical (unpaired) electrons. The molecule has 1 aromatic rings. The molecule has 1 aromatic carbocycles. The molecule has 1 rings (SSSR count). The zero-order valence-electron chi connectivity index (χ0n) is 15.4. The van der Waals surface area contributed by atoms with Crippen molar-refractivity contribution in [1.29, 1.82) is 0 Å². The fraction of sp³-hybridized carbons (Fsp3) is 0.684. The molecule has 0 aromatic heterocycles. The summed E-state index contributed by atoms with van der Waals surface area (Å²) < 4.78 is 62.0. The van der Waals surface area contributed by atoms with Gasteiger partial charge >= 0.3 is 12.0 Å². The first-order valence-corrected chi connectivity index (χ1v) is 8.42. The van der Waals surface area contributed by atoms with E-state index >= 15 is 0 Å². The van der Waals surface area contributed by atoms with Gasteiger partial charge < -0.3 is 4.74 Å². The quantitative estimate of drug-likeness (QED) is 0.469. The molecule has 0 saturated heterocycles. The summed E-state index contributed by atoms with van der Waals surface area (Å²) in [5.74, 6) is -4.52. The van der Waals surface area contributed by atoms with Crippen LogP contribution in [0.4, 0.5) is 17.6 Å². The van der Waals surface area contributed by atoms with Crippen molar-refractivity contribution in [2.24, 2.45) is 5.41 Å². The summed E-state index contributed by atoms with van der Waals surface area (Å²) in [6.45, 7) is 10.0. The van der Waals surface area contributed by atoms with Crippen LogP contribution in [0.1, 0.15) is 66.4 Å². The van der Waals surface area contributed by atoms with Crippen LogP contribution in [-0.4, -0.2) is 12.0 Å². The van der Waals surface area contributed by atoms with Crippen LogP contribution in [0.2, 0.25) is 0 Å². The van der Waals surface area contributed by atoms with Crippen LogP contribution >= 0.6 is 0 Å². The van der Waals surface area contributed by atoms with Gasteiger partial charge in [0.15, 0.2) is 0 Å². The summed E-state index contributed by atoms with van der Waals surface area (Å²) in [4.78, 5) is 0. The van der Waals surface area contributed by atoms with Crippen LogP contribution in [0.15, 0.2) is 24.3 Å². The number of ether oxygens (including phenoxy) is 1. The van der Waals surface area contributed by atoms with Gasteiger partial charge in [0.1, 0.15) is 5.75 Å². The van der Waals surface area contributed by atoms with E-state index in [-0.39, 0.29) is 24.0 Å². The standard InChI is InChI=1S/C19H28F4O/c1-7-16(4,5)14-11-10-12-15(13-14)24-19(22,23)18(20,21)17(6,8-2)9-3/h10-13H,7-9H2,1-6H3. The highest BCUT2D eigenvalue weighted by Crippen LogP contribution is 2.51. The monoisotopic (exact) mass is 348 g/mol. The van der Waals surface area contributed by atoms with Crippen LogP contribution < -0.4 is 4.74 Å². The zero-order chi connectivity index (χ0) is 18.8. The first-order chi connectivity index (χ1) is 10.9. The molecule has 0 aliphatic heterocycles. The van der Waals surface area contributed by atoms with E-state index < -0.39 is 17.4 Å². The maximum Gasteiger partial charge on any atom is 0.464 e. The predicted molar refractivity (Wildman–Crippen MR) is 89.0 cm³/mol. The third-order valence-electron chi connectivity index (χ3n) is 5.43. The molecule has 0 saturated carbocycles. The maximum atomic E-state index is 14.5. The first kappa shape index (κ1) is 20.8. The molecule has 0 fully saturated rings. The molecule has 1 nitrogen and oxygen atoms in total. The number of alkyl halides is 4. The molecule has 0 atom stereocenters. The van der Waals surface area contributed by atoms with Crippen molar-refractivity contribution in [1.82, 2.24) is 0 Å². The number of halogens is 4. The Kier molecular flexibility index (Phi) is 6.00. The second-order valence-corrected chi connectivity index (χ2v) is 7.23. The SMILES string of the molecule is CCC(C)(C)c1cccc(OC(F)(F)C(F)(F)C(C)(CC)CC)c1. The Bertz CT molecular complexity index is 548. The highest BCUT2D eigenvalue weighted by atomic mass is 19.3. The Morgan fingerprint density at radius 2 is 1.42 bits per heavy atom. The lowest BCUT2D eigenvalue weighted by Crippen LogP contribution is -2.55. The molecule has 0 aliphatic carbocycles. The van der Waals surface area contributed by atoms with Crippen molar-refractivity contribution in [2.75, 3.05) is 0 Å². The predicted octanol–water partition coefficient (Wildman–Crippen LogP) is 6.81. The van der Waals surface area contributed by atoms with Crippen LogP contribution in [0.3, 0.4) is 0 Å². The van der Waals surface area contributed by atoms with E-state index in [0.29, 0.717) is 0 Å². The van der Waals surface area contributed by atoms with Crippen molar-refractivity contribution in [3.8, 4) is 5.75 Å². The molecule has 5 heteroatoms. The fourth-order valence-corrected chi connectivity index (χ4v) is 2.44. The maximum absolute atomic E-state index is 14.5. The van der Waals surface area contributed by atoms with E-state index in [0.717, 1.165) is 12.0 Å². The lowest BCUT2D eigenvalue weighted by atomic mass is 9.77. The van der Waals surface area contributed by atoms with E-state index in [1.165, 1.54) is 32.9 Å². The minimum Gasteiger partial charge on any atom is -0.428 e. The van der Waals surface area contributed by atoms with Crippen LogP contribution in [0, 0.1) is 5.41 Å². The average Bonchev–Trinajstić information content (AvgIpc) is 2.53. The lowest BCUT2D eigenvalue weighted by Gasteiger charge is -2.39. The second-order valence-electron chi connectivity index (χ2n) is 7.23. The van der Waals surface area contributed by atoms with Crippen molar-refractivity contribution in [3.63, 3.8) is 0 Å². The molecule has 0 spiro atoms. The van der Waals surface area contributed by atoms with Gasteiger partial charge in [-0.3, -0.25) is 0 Å². The fourth-order valence-electron chi connectivity index (χ4n) is 2.44. The highest BCUT2D eigenvalue weighted by Gasteiger charge is 2.67. The molecule has 24 heavy (non-hydrogen) atoms. The van der Waals surface area contributed by atoms with Gasteiger partial charge in [-0.25, -0.2) is 0 Å². The number of benzene rings is 1. The van der Waals surface area contributed by atoms with Crippen molar-refractivity contribution in [3.05, 3.63) is 29.8 Å². The van der Waals surface area contributed by atoms with Crippen LogP contribution in [0.5, 0.6) is 5.75 Å². The largest absolute Gasteiger partial charge is 0.464 e. The van der Waals surface area contributed by atoms with Gasteiger partial charge in [0.05, 0.1) is 0 Å². The summed E-state index contributed by atoms with van der Waals surface area (Å²) in [5, 5.41) is 0. The summed E-state index contributed by atoms with van der Waals surface area (Å²) in [7, 11) is 0. The Hall–Kier alpha value is -1.26. The molecule has 0 aliphatic rings. The Morgan fingerprint density at radius 3 is 1.88 bits per heavy atom. The summed E-state index contributed by atoms with van der Waals surface area (Å²) >= 11 is 0. The van der Waals surface area contributed by atoms with E-state index in [4.69, 9.17) is 0 Å². The lowest BCUT2D eigenvalue weighted by molar-refractivity contribution is -0.346. The van der Waals surface area contributed by atoms with E-state index in [9.17, 15) is 17.6 Å². The number of hydrogen-bond acceptors (Lipinski definition) is 1. The molecule has 0 N–H and O–H groups in total. The van der Waals surface area contributed by atoms with Gasteiger partial charge in [-0.1, -0.05) is 53.7 Å². The summed E-state index contributed by atoms with van der Waals surface area (Å²) in [6.07, 6.45) is -3.94. The molecule has 0 unspecified atom stereocenters. The molecule has 0 heterocycles. The van der Waals surface area contributed by atoms with E-state index in [2.05, 4.69) is 4.74 Å². The summed E-state index contributed by atoms with van der Waals surface area (Å²) in [6, 6.07) is 6.04. The minimum absolute atomic E-state index is 0.0711. The van der Waals surface area contributed by atoms with Crippen LogP contribution in [0.25, 0.3) is 0 Å². The van der Waals surface area contributed by atoms with Crippen molar-refractivity contribution in [2.45, 2.75) is 78.3 Å². The van der Waals surface area contributed by atoms with Crippen LogP contribution in [-0.2, 0) is 5.41 Å². The van der Waals surface area contributed by atoms with Gasteiger partial charge in [0.25, 0.3) is 0 Å². The minimum atomic E-state index is -4.58. The Labute approximate surface area is 142 Å². The van der Waals surface area contributed by atoms with Gasteiger partial charge in [0, 0.05) is 5.41 Å². The Morgan fingerprint density at radius 1 is 0.875 bits per heavy atom. The summed E-state index contributed by atoms with van der Waals surface area (Å²) in [5.41, 5.74) is -1.31. The molecule has 0 bridgehead atoms. The van der Waals surface area contributed by atoms with Crippen molar-refractivity contribution < 1.29 is 22.3 Å². The highest BCUT2D eigenvalue weighted by molar-refractivity contribution is 5.33. The number of rotatable bonds is 8. The normalized spacial score (nSPS) is 13.9. The third-order valence-corrected chi connectivity index (χ3v) is 5.43. The number of hydrogen-bond donors (Lipinski definition) is 0. The second kappa shape index (κ2) is 6.93. The Balaban J connectivity index is 3.17. The average molecular weight is 348 g/mol. The molecular formula is C19H28F4O. The molecule has 0 amide bonds. The van der Waals surface area contributed by atoms with Gasteiger partial charge in [-0.2, -0.15) is 17.6 Å². The van der Waals surface area contributed by atoms with E-state index in [1.807, 2.05) is 20.8 Å². The smallest absolute Gasteiger partial charge is 0.428 e. The van der Waals surface area contributed by atoms with Gasteiger partial charge in [-0.15, -0.1) is 0 Å². The molecular weight excluding hydrogens is 320 g/mol. The topological polar surface area (TPSA) is 9.23 Å². The van der Waals surface area contributed by atoms with E-state index in [1.54, 1.807) is 12.1 Å². The first-order valence-electron chi connectivity index (χ1n) is 8.42. The van der Waals surface area contributed by atoms with Gasteiger partial charge in [-0.05, 0) is 42.4 Å². The zero-order valence-corrected chi connectivity index (χ0v) is 15.4.